The van der Waals surface area contributed by atoms with E-state index in [0.717, 1.165) is 18.7 Å². The number of nitrogens with one attached hydrogen (secondary N) is 1. The van der Waals surface area contributed by atoms with Gasteiger partial charge in [0.05, 0.1) is 7.11 Å². The molecule has 5 nitrogen and oxygen atoms in total. The Morgan fingerprint density at radius 2 is 2.25 bits per heavy atom. The summed E-state index contributed by atoms with van der Waals surface area (Å²) in [5.41, 5.74) is 6.00. The summed E-state index contributed by atoms with van der Waals surface area (Å²) >= 11 is 0. The highest BCUT2D eigenvalue weighted by atomic mass is 16.5. The fraction of sp³-hybridized carbons (Fsp3) is 0.636. The number of nitrogens with two attached hydrogens (primary N) is 1. The molecule has 0 radical (unpaired) electrons. The number of ether oxygens (including phenoxy) is 1. The van der Waals surface area contributed by atoms with Crippen molar-refractivity contribution in [3.63, 3.8) is 0 Å². The summed E-state index contributed by atoms with van der Waals surface area (Å²) in [6, 6.07) is 2.35. The first-order chi connectivity index (χ1) is 7.69. The number of methoxy groups -OCH3 is 1. The van der Waals surface area contributed by atoms with E-state index in [1.54, 1.807) is 13.2 Å². The van der Waals surface area contributed by atoms with Gasteiger partial charge >= 0.3 is 0 Å². The number of hydrogen-bond donors (Lipinski definition) is 2. The van der Waals surface area contributed by atoms with Crippen LogP contribution in [0.4, 0.5) is 5.82 Å². The minimum atomic E-state index is 0.223. The molecule has 1 fully saturated rings. The lowest BCUT2D eigenvalue weighted by molar-refractivity contribution is 0.395. The minimum absolute atomic E-state index is 0.223. The smallest absolute Gasteiger partial charge is 0.218 e. The molecule has 88 valence electrons. The number of nitrogens with zero attached hydrogens (tertiary/aromatic N) is 2. The normalized spacial score (nSPS) is 24.4. The van der Waals surface area contributed by atoms with Gasteiger partial charge in [0.25, 0.3) is 0 Å². The molecule has 1 aromatic rings. The van der Waals surface area contributed by atoms with E-state index in [0.29, 0.717) is 17.7 Å². The van der Waals surface area contributed by atoms with E-state index < -0.39 is 0 Å². The molecule has 1 heterocycles. The largest absolute Gasteiger partial charge is 0.481 e. The standard InChI is InChI=1S/C11H18N4O/c1-7-13-10(6-11(14-7)16-2)15-9-5-3-4-8(9)12/h6,8-9H,3-5,12H2,1-2H3,(H,13,14,15). The molecule has 5 heteroatoms. The number of hydrogen-bond acceptors (Lipinski definition) is 5. The summed E-state index contributed by atoms with van der Waals surface area (Å²) in [7, 11) is 1.60. The van der Waals surface area contributed by atoms with Crippen LogP contribution in [-0.2, 0) is 0 Å². The van der Waals surface area contributed by atoms with Crippen molar-refractivity contribution in [2.24, 2.45) is 5.73 Å². The maximum absolute atomic E-state index is 6.00. The summed E-state index contributed by atoms with van der Waals surface area (Å²) in [5, 5.41) is 3.35. The van der Waals surface area contributed by atoms with E-state index in [1.807, 2.05) is 6.92 Å². The summed E-state index contributed by atoms with van der Waals surface area (Å²) in [6.07, 6.45) is 3.37. The van der Waals surface area contributed by atoms with Crippen LogP contribution in [0.25, 0.3) is 0 Å². The molecular formula is C11H18N4O. The number of aromatic nitrogens is 2. The Hall–Kier alpha value is -1.36. The molecule has 2 atom stereocenters. The molecule has 1 aromatic heterocycles. The molecule has 2 unspecified atom stereocenters. The van der Waals surface area contributed by atoms with Crippen LogP contribution in [0.3, 0.4) is 0 Å². The summed E-state index contributed by atoms with van der Waals surface area (Å²) < 4.78 is 5.10. The van der Waals surface area contributed by atoms with Crippen molar-refractivity contribution in [1.29, 1.82) is 0 Å². The summed E-state index contributed by atoms with van der Waals surface area (Å²) in [4.78, 5) is 8.46. The molecule has 1 aliphatic rings. The van der Waals surface area contributed by atoms with Crippen LogP contribution in [0.2, 0.25) is 0 Å². The fourth-order valence-corrected chi connectivity index (χ4v) is 2.08. The van der Waals surface area contributed by atoms with Gasteiger partial charge in [-0.25, -0.2) is 4.98 Å². The van der Waals surface area contributed by atoms with Gasteiger partial charge in [-0.1, -0.05) is 0 Å². The van der Waals surface area contributed by atoms with E-state index in [4.69, 9.17) is 10.5 Å². The molecule has 3 N–H and O–H groups in total. The highest BCUT2D eigenvalue weighted by Gasteiger charge is 2.24. The second-order valence-electron chi connectivity index (χ2n) is 4.19. The van der Waals surface area contributed by atoms with Crippen LogP contribution in [0.1, 0.15) is 25.1 Å². The SMILES string of the molecule is COc1cc(NC2CCCC2N)nc(C)n1. The zero-order valence-corrected chi connectivity index (χ0v) is 9.73. The third kappa shape index (κ3) is 2.41. The first-order valence-electron chi connectivity index (χ1n) is 5.61. The van der Waals surface area contributed by atoms with Crippen molar-refractivity contribution < 1.29 is 4.74 Å². The number of aryl methyl sites for hydroxylation is 1. The molecule has 0 aromatic carbocycles. The Balaban J connectivity index is 2.11. The van der Waals surface area contributed by atoms with Crippen molar-refractivity contribution in [2.45, 2.75) is 38.3 Å². The molecule has 1 aliphatic carbocycles. The Morgan fingerprint density at radius 3 is 2.88 bits per heavy atom. The molecule has 0 spiro atoms. The molecule has 0 aliphatic heterocycles. The predicted octanol–water partition coefficient (Wildman–Crippen LogP) is 1.09. The van der Waals surface area contributed by atoms with E-state index in [2.05, 4.69) is 15.3 Å². The van der Waals surface area contributed by atoms with Crippen molar-refractivity contribution in [2.75, 3.05) is 12.4 Å². The van der Waals surface area contributed by atoms with Gasteiger partial charge in [-0.05, 0) is 26.2 Å². The Morgan fingerprint density at radius 1 is 1.44 bits per heavy atom. The van der Waals surface area contributed by atoms with Crippen molar-refractivity contribution in [3.8, 4) is 5.88 Å². The lowest BCUT2D eigenvalue weighted by atomic mass is 10.2. The van der Waals surface area contributed by atoms with Gasteiger partial charge < -0.3 is 15.8 Å². The van der Waals surface area contributed by atoms with Crippen LogP contribution < -0.4 is 15.8 Å². The molecule has 1 saturated carbocycles. The van der Waals surface area contributed by atoms with E-state index in [1.165, 1.54) is 6.42 Å². The second kappa shape index (κ2) is 4.65. The Kier molecular flexibility index (Phi) is 3.24. The van der Waals surface area contributed by atoms with Crippen molar-refractivity contribution in [3.05, 3.63) is 11.9 Å². The van der Waals surface area contributed by atoms with Gasteiger partial charge in [-0.3, -0.25) is 0 Å². The molecule has 2 rings (SSSR count). The van der Waals surface area contributed by atoms with Gasteiger partial charge in [0.15, 0.2) is 0 Å². The van der Waals surface area contributed by atoms with Crippen LogP contribution in [0.5, 0.6) is 5.88 Å². The Bertz CT molecular complexity index is 369. The fourth-order valence-electron chi connectivity index (χ4n) is 2.08. The third-order valence-corrected chi connectivity index (χ3v) is 2.93. The molecule has 0 bridgehead atoms. The molecule has 0 amide bonds. The highest BCUT2D eigenvalue weighted by Crippen LogP contribution is 2.22. The number of rotatable bonds is 3. The minimum Gasteiger partial charge on any atom is -0.481 e. The zero-order chi connectivity index (χ0) is 11.5. The maximum atomic E-state index is 6.00. The third-order valence-electron chi connectivity index (χ3n) is 2.93. The van der Waals surface area contributed by atoms with Crippen LogP contribution in [0, 0.1) is 6.92 Å². The zero-order valence-electron chi connectivity index (χ0n) is 9.73. The van der Waals surface area contributed by atoms with Gasteiger partial charge in [0, 0.05) is 18.2 Å². The van der Waals surface area contributed by atoms with Gasteiger partial charge in [0.1, 0.15) is 11.6 Å². The van der Waals surface area contributed by atoms with E-state index >= 15 is 0 Å². The van der Waals surface area contributed by atoms with E-state index in [9.17, 15) is 0 Å². The van der Waals surface area contributed by atoms with Gasteiger partial charge in [-0.2, -0.15) is 4.98 Å². The second-order valence-corrected chi connectivity index (χ2v) is 4.19. The van der Waals surface area contributed by atoms with Crippen molar-refractivity contribution in [1.82, 2.24) is 9.97 Å². The topological polar surface area (TPSA) is 73.1 Å². The number of anilines is 1. The highest BCUT2D eigenvalue weighted by molar-refractivity contribution is 5.40. The lowest BCUT2D eigenvalue weighted by Gasteiger charge is -2.18. The molecule has 16 heavy (non-hydrogen) atoms. The van der Waals surface area contributed by atoms with Gasteiger partial charge in [-0.15, -0.1) is 0 Å². The lowest BCUT2D eigenvalue weighted by Crippen LogP contribution is -2.35. The maximum Gasteiger partial charge on any atom is 0.218 e. The van der Waals surface area contributed by atoms with Gasteiger partial charge in [0.2, 0.25) is 5.88 Å². The summed E-state index contributed by atoms with van der Waals surface area (Å²) in [6.45, 7) is 1.85. The van der Waals surface area contributed by atoms with Crippen molar-refractivity contribution >= 4 is 5.82 Å². The molecule has 0 saturated heterocycles. The van der Waals surface area contributed by atoms with Crippen LogP contribution in [-0.4, -0.2) is 29.2 Å². The predicted molar refractivity (Wildman–Crippen MR) is 62.6 cm³/mol. The van der Waals surface area contributed by atoms with E-state index in [-0.39, 0.29) is 6.04 Å². The first kappa shape index (κ1) is 11.1. The molecular weight excluding hydrogens is 204 g/mol. The first-order valence-corrected chi connectivity index (χ1v) is 5.61. The Labute approximate surface area is 95.4 Å². The quantitative estimate of drug-likeness (QED) is 0.800. The average Bonchev–Trinajstić information content (AvgIpc) is 2.63. The van der Waals surface area contributed by atoms with Crippen LogP contribution in [0.15, 0.2) is 6.07 Å². The average molecular weight is 222 g/mol. The summed E-state index contributed by atoms with van der Waals surface area (Å²) in [5.74, 6) is 2.08. The van der Waals surface area contributed by atoms with Crippen LogP contribution >= 0.6 is 0 Å². The monoisotopic (exact) mass is 222 g/mol.